The van der Waals surface area contributed by atoms with Crippen molar-refractivity contribution < 1.29 is 19.4 Å². The maximum absolute atomic E-state index is 11.7. The molecule has 1 amide bonds. The fraction of sp³-hybridized carbons (Fsp3) is 0.385. The van der Waals surface area contributed by atoms with E-state index >= 15 is 0 Å². The van der Waals surface area contributed by atoms with Crippen molar-refractivity contribution in [3.05, 3.63) is 24.3 Å². The molecule has 6 nitrogen and oxygen atoms in total. The number of para-hydroxylation sites is 2. The molecule has 0 radical (unpaired) electrons. The number of hydrogen-bond donors (Lipinski definition) is 3. The first-order chi connectivity index (χ1) is 9.13. The highest BCUT2D eigenvalue weighted by Gasteiger charge is 2.06. The molecule has 1 aromatic rings. The van der Waals surface area contributed by atoms with Crippen LogP contribution in [-0.2, 0) is 9.59 Å². The average Bonchev–Trinajstić information content (AvgIpc) is 2.38. The Morgan fingerprint density at radius 1 is 1.21 bits per heavy atom. The third-order valence-electron chi connectivity index (χ3n) is 2.43. The Kier molecular flexibility index (Phi) is 6.38. The van der Waals surface area contributed by atoms with E-state index in [1.54, 1.807) is 19.2 Å². The van der Waals surface area contributed by atoms with Crippen molar-refractivity contribution in [2.45, 2.75) is 12.8 Å². The number of carbonyl (C=O) groups excluding carboxylic acids is 1. The van der Waals surface area contributed by atoms with E-state index in [4.69, 9.17) is 9.84 Å². The maximum Gasteiger partial charge on any atom is 0.304 e. The van der Waals surface area contributed by atoms with Gasteiger partial charge in [-0.05, 0) is 12.1 Å². The van der Waals surface area contributed by atoms with Crippen LogP contribution in [0.5, 0.6) is 5.75 Å². The number of ether oxygens (including phenoxy) is 1. The molecule has 0 aliphatic rings. The maximum atomic E-state index is 11.7. The molecule has 0 aliphatic heterocycles. The van der Waals surface area contributed by atoms with Gasteiger partial charge in [-0.25, -0.2) is 0 Å². The predicted octanol–water partition coefficient (Wildman–Crippen LogP) is 1.09. The fourth-order valence-corrected chi connectivity index (χ4v) is 1.48. The van der Waals surface area contributed by atoms with Gasteiger partial charge in [0, 0.05) is 19.5 Å². The zero-order valence-corrected chi connectivity index (χ0v) is 10.8. The van der Waals surface area contributed by atoms with Crippen LogP contribution in [0.15, 0.2) is 24.3 Å². The van der Waals surface area contributed by atoms with E-state index in [1.165, 1.54) is 0 Å². The SMILES string of the molecule is COc1ccccc1NC(=O)CCNCCC(=O)O. The van der Waals surface area contributed by atoms with Crippen molar-refractivity contribution in [2.75, 3.05) is 25.5 Å². The predicted molar refractivity (Wildman–Crippen MR) is 71.4 cm³/mol. The zero-order chi connectivity index (χ0) is 14.1. The number of rotatable bonds is 8. The number of nitrogens with one attached hydrogen (secondary N) is 2. The summed E-state index contributed by atoms with van der Waals surface area (Å²) in [5, 5.41) is 14.1. The fourth-order valence-electron chi connectivity index (χ4n) is 1.48. The third kappa shape index (κ3) is 5.87. The summed E-state index contributed by atoms with van der Waals surface area (Å²) in [7, 11) is 1.54. The van der Waals surface area contributed by atoms with Crippen LogP contribution < -0.4 is 15.4 Å². The van der Waals surface area contributed by atoms with Crippen LogP contribution in [0.25, 0.3) is 0 Å². The minimum atomic E-state index is -0.856. The molecule has 0 bridgehead atoms. The molecule has 0 aliphatic carbocycles. The van der Waals surface area contributed by atoms with Crippen molar-refractivity contribution in [3.63, 3.8) is 0 Å². The topological polar surface area (TPSA) is 87.7 Å². The summed E-state index contributed by atoms with van der Waals surface area (Å²) in [6.45, 7) is 0.797. The Morgan fingerprint density at radius 2 is 1.89 bits per heavy atom. The number of carboxylic acid groups (broad SMARTS) is 1. The lowest BCUT2D eigenvalue weighted by Crippen LogP contribution is -2.24. The molecule has 104 valence electrons. The molecule has 6 heteroatoms. The lowest BCUT2D eigenvalue weighted by molar-refractivity contribution is -0.136. The van der Waals surface area contributed by atoms with Crippen molar-refractivity contribution >= 4 is 17.6 Å². The summed E-state index contributed by atoms with van der Waals surface area (Å²) in [5.41, 5.74) is 0.625. The summed E-state index contributed by atoms with van der Waals surface area (Å²) >= 11 is 0. The first-order valence-electron chi connectivity index (χ1n) is 5.99. The number of amides is 1. The van der Waals surface area contributed by atoms with Gasteiger partial charge in [0.15, 0.2) is 0 Å². The Labute approximate surface area is 111 Å². The number of anilines is 1. The summed E-state index contributed by atoms with van der Waals surface area (Å²) < 4.78 is 5.12. The first kappa shape index (κ1) is 15.0. The van der Waals surface area contributed by atoms with Crippen LogP contribution in [0.1, 0.15) is 12.8 Å². The van der Waals surface area contributed by atoms with Gasteiger partial charge in [-0.3, -0.25) is 9.59 Å². The highest BCUT2D eigenvalue weighted by atomic mass is 16.5. The Hall–Kier alpha value is -2.08. The molecule has 0 spiro atoms. The van der Waals surface area contributed by atoms with Gasteiger partial charge in [-0.2, -0.15) is 0 Å². The highest BCUT2D eigenvalue weighted by molar-refractivity contribution is 5.92. The van der Waals surface area contributed by atoms with E-state index in [2.05, 4.69) is 10.6 Å². The number of hydrogen-bond acceptors (Lipinski definition) is 4. The standard InChI is InChI=1S/C13H18N2O4/c1-19-11-5-3-2-4-10(11)15-12(16)6-8-14-9-7-13(17)18/h2-5,14H,6-9H2,1H3,(H,15,16)(H,17,18). The van der Waals surface area contributed by atoms with Gasteiger partial charge in [0.2, 0.25) is 5.91 Å². The van der Waals surface area contributed by atoms with Gasteiger partial charge >= 0.3 is 5.97 Å². The molecule has 0 fully saturated rings. The molecule has 0 atom stereocenters. The first-order valence-corrected chi connectivity index (χ1v) is 5.99. The molecule has 0 unspecified atom stereocenters. The molecular formula is C13H18N2O4. The third-order valence-corrected chi connectivity index (χ3v) is 2.43. The Bertz CT molecular complexity index is 434. The normalized spacial score (nSPS) is 9.95. The van der Waals surface area contributed by atoms with E-state index in [1.807, 2.05) is 12.1 Å². The summed E-state index contributed by atoms with van der Waals surface area (Å²) in [6, 6.07) is 7.15. The van der Waals surface area contributed by atoms with Crippen LogP contribution in [-0.4, -0.2) is 37.2 Å². The molecular weight excluding hydrogens is 248 g/mol. The van der Waals surface area contributed by atoms with Crippen LogP contribution in [0.2, 0.25) is 0 Å². The number of benzene rings is 1. The van der Waals surface area contributed by atoms with Crippen LogP contribution >= 0.6 is 0 Å². The molecule has 0 saturated carbocycles. The quantitative estimate of drug-likeness (QED) is 0.613. The molecule has 1 rings (SSSR count). The van der Waals surface area contributed by atoms with Gasteiger partial charge in [0.1, 0.15) is 5.75 Å². The smallest absolute Gasteiger partial charge is 0.304 e. The molecule has 0 heterocycles. The van der Waals surface area contributed by atoms with Crippen molar-refractivity contribution in [3.8, 4) is 5.75 Å². The van der Waals surface area contributed by atoms with Crippen molar-refractivity contribution in [2.24, 2.45) is 0 Å². The average molecular weight is 266 g/mol. The minimum Gasteiger partial charge on any atom is -0.495 e. The molecule has 19 heavy (non-hydrogen) atoms. The van der Waals surface area contributed by atoms with E-state index < -0.39 is 5.97 Å². The Morgan fingerprint density at radius 3 is 2.58 bits per heavy atom. The number of methoxy groups -OCH3 is 1. The van der Waals surface area contributed by atoms with Crippen molar-refractivity contribution in [1.82, 2.24) is 5.32 Å². The summed E-state index contributed by atoms with van der Waals surface area (Å²) in [5.74, 6) is -0.395. The summed E-state index contributed by atoms with van der Waals surface area (Å²) in [6.07, 6.45) is 0.325. The second kappa shape index (κ2) is 8.10. The van der Waals surface area contributed by atoms with E-state index in [0.717, 1.165) is 0 Å². The number of carbonyl (C=O) groups is 2. The van der Waals surface area contributed by atoms with Gasteiger partial charge in [0.25, 0.3) is 0 Å². The zero-order valence-electron chi connectivity index (χ0n) is 10.8. The highest BCUT2D eigenvalue weighted by Crippen LogP contribution is 2.22. The van der Waals surface area contributed by atoms with Crippen LogP contribution in [0, 0.1) is 0 Å². The van der Waals surface area contributed by atoms with Gasteiger partial charge in [-0.15, -0.1) is 0 Å². The monoisotopic (exact) mass is 266 g/mol. The van der Waals surface area contributed by atoms with E-state index in [0.29, 0.717) is 24.5 Å². The van der Waals surface area contributed by atoms with Gasteiger partial charge < -0.3 is 20.5 Å². The number of carboxylic acids is 1. The van der Waals surface area contributed by atoms with E-state index in [-0.39, 0.29) is 18.7 Å². The minimum absolute atomic E-state index is 0.0497. The van der Waals surface area contributed by atoms with Gasteiger partial charge in [-0.1, -0.05) is 12.1 Å². The molecule has 0 saturated heterocycles. The van der Waals surface area contributed by atoms with Crippen LogP contribution in [0.3, 0.4) is 0 Å². The lowest BCUT2D eigenvalue weighted by atomic mass is 10.2. The lowest BCUT2D eigenvalue weighted by Gasteiger charge is -2.09. The second-order valence-electron chi connectivity index (χ2n) is 3.89. The van der Waals surface area contributed by atoms with Crippen molar-refractivity contribution in [1.29, 1.82) is 0 Å². The molecule has 3 N–H and O–H groups in total. The molecule has 0 aromatic heterocycles. The van der Waals surface area contributed by atoms with E-state index in [9.17, 15) is 9.59 Å². The Balaban J connectivity index is 2.29. The number of aliphatic carboxylic acids is 1. The molecule has 1 aromatic carbocycles. The largest absolute Gasteiger partial charge is 0.495 e. The second-order valence-corrected chi connectivity index (χ2v) is 3.89. The van der Waals surface area contributed by atoms with Gasteiger partial charge in [0.05, 0.1) is 19.2 Å². The van der Waals surface area contributed by atoms with Crippen LogP contribution in [0.4, 0.5) is 5.69 Å². The summed E-state index contributed by atoms with van der Waals surface area (Å²) in [4.78, 5) is 21.9.